The number of aryl methyl sites for hydroxylation is 1. The highest BCUT2D eigenvalue weighted by atomic mass is 35.5. The zero-order valence-electron chi connectivity index (χ0n) is 13.1. The van der Waals surface area contributed by atoms with Crippen LogP contribution in [0.2, 0.25) is 10.0 Å². The maximum Gasteiger partial charge on any atom is 0.229 e. The molecule has 0 saturated carbocycles. The molecule has 2 amide bonds. The molecule has 24 heavy (non-hydrogen) atoms. The minimum atomic E-state index is -0.408. The summed E-state index contributed by atoms with van der Waals surface area (Å²) < 4.78 is 0. The van der Waals surface area contributed by atoms with Crippen LogP contribution < -0.4 is 10.2 Å². The van der Waals surface area contributed by atoms with Gasteiger partial charge in [-0.1, -0.05) is 35.3 Å². The van der Waals surface area contributed by atoms with E-state index in [1.165, 1.54) is 0 Å². The Kier molecular flexibility index (Phi) is 4.78. The molecule has 1 atom stereocenters. The lowest BCUT2D eigenvalue weighted by Crippen LogP contribution is -2.28. The van der Waals surface area contributed by atoms with E-state index < -0.39 is 5.92 Å². The largest absolute Gasteiger partial charge is 0.325 e. The van der Waals surface area contributed by atoms with Crippen molar-refractivity contribution in [1.82, 2.24) is 0 Å². The molecule has 0 bridgehead atoms. The van der Waals surface area contributed by atoms with Gasteiger partial charge in [0.05, 0.1) is 5.92 Å². The summed E-state index contributed by atoms with van der Waals surface area (Å²) in [5, 5.41) is 3.98. The zero-order valence-corrected chi connectivity index (χ0v) is 14.6. The summed E-state index contributed by atoms with van der Waals surface area (Å²) in [5.74, 6) is -0.673. The van der Waals surface area contributed by atoms with E-state index in [0.29, 0.717) is 28.0 Å². The van der Waals surface area contributed by atoms with Gasteiger partial charge in [0, 0.05) is 34.4 Å². The molecular weight excluding hydrogens is 347 g/mol. The number of anilines is 2. The topological polar surface area (TPSA) is 49.4 Å². The van der Waals surface area contributed by atoms with Crippen molar-refractivity contribution in [3.8, 4) is 0 Å². The molecule has 0 aromatic heterocycles. The third-order valence-electron chi connectivity index (χ3n) is 4.07. The van der Waals surface area contributed by atoms with E-state index in [-0.39, 0.29) is 18.2 Å². The lowest BCUT2D eigenvalue weighted by atomic mass is 10.1. The predicted octanol–water partition coefficient (Wildman–Crippen LogP) is 4.29. The number of nitrogens with zero attached hydrogens (tertiary/aromatic N) is 1. The second kappa shape index (κ2) is 6.83. The predicted molar refractivity (Wildman–Crippen MR) is 96.7 cm³/mol. The van der Waals surface area contributed by atoms with Gasteiger partial charge in [-0.05, 0) is 42.8 Å². The second-order valence-electron chi connectivity index (χ2n) is 5.83. The molecule has 1 aliphatic heterocycles. The summed E-state index contributed by atoms with van der Waals surface area (Å²) in [6.45, 7) is 2.23. The maximum absolute atomic E-state index is 12.5. The monoisotopic (exact) mass is 362 g/mol. The molecule has 1 heterocycles. The quantitative estimate of drug-likeness (QED) is 0.884. The highest BCUT2D eigenvalue weighted by molar-refractivity contribution is 6.31. The Hall–Kier alpha value is -2.04. The number of amides is 2. The molecular formula is C18H16Cl2N2O2. The highest BCUT2D eigenvalue weighted by Gasteiger charge is 2.35. The molecule has 0 radical (unpaired) electrons. The van der Waals surface area contributed by atoms with Crippen LogP contribution in [0.25, 0.3) is 0 Å². The summed E-state index contributed by atoms with van der Waals surface area (Å²) in [5.41, 5.74) is 2.30. The van der Waals surface area contributed by atoms with Crippen LogP contribution in [0.4, 0.5) is 11.4 Å². The lowest BCUT2D eigenvalue weighted by molar-refractivity contribution is -0.122. The molecule has 3 rings (SSSR count). The van der Waals surface area contributed by atoms with Crippen molar-refractivity contribution in [2.45, 2.75) is 13.3 Å². The molecule has 124 valence electrons. The summed E-state index contributed by atoms with van der Waals surface area (Å²) in [4.78, 5) is 26.4. The van der Waals surface area contributed by atoms with Gasteiger partial charge in [-0.3, -0.25) is 9.59 Å². The Balaban J connectivity index is 1.73. The van der Waals surface area contributed by atoms with Crippen molar-refractivity contribution in [3.63, 3.8) is 0 Å². The van der Waals surface area contributed by atoms with Gasteiger partial charge >= 0.3 is 0 Å². The molecule has 6 heteroatoms. The number of rotatable bonds is 3. The zero-order chi connectivity index (χ0) is 17.3. The van der Waals surface area contributed by atoms with Crippen molar-refractivity contribution in [2.75, 3.05) is 16.8 Å². The van der Waals surface area contributed by atoms with Gasteiger partial charge in [-0.25, -0.2) is 0 Å². The first-order chi connectivity index (χ1) is 11.4. The van der Waals surface area contributed by atoms with Crippen LogP contribution in [-0.2, 0) is 9.59 Å². The first kappa shape index (κ1) is 16.8. The summed E-state index contributed by atoms with van der Waals surface area (Å²) in [6.07, 6.45) is 0.179. The molecule has 2 aromatic rings. The average molecular weight is 363 g/mol. The van der Waals surface area contributed by atoms with E-state index in [0.717, 1.165) is 5.56 Å². The third kappa shape index (κ3) is 3.55. The van der Waals surface area contributed by atoms with Crippen LogP contribution in [0.3, 0.4) is 0 Å². The fourth-order valence-corrected chi connectivity index (χ4v) is 3.10. The van der Waals surface area contributed by atoms with Crippen LogP contribution in [0.15, 0.2) is 42.5 Å². The fourth-order valence-electron chi connectivity index (χ4n) is 2.74. The Labute approximate surface area is 150 Å². The first-order valence-electron chi connectivity index (χ1n) is 7.57. The number of hydrogen-bond acceptors (Lipinski definition) is 2. The van der Waals surface area contributed by atoms with Crippen molar-refractivity contribution in [1.29, 1.82) is 0 Å². The van der Waals surface area contributed by atoms with Gasteiger partial charge in [0.1, 0.15) is 0 Å². The molecule has 1 saturated heterocycles. The third-order valence-corrected chi connectivity index (χ3v) is 4.54. The van der Waals surface area contributed by atoms with E-state index in [2.05, 4.69) is 5.32 Å². The normalized spacial score (nSPS) is 17.2. The van der Waals surface area contributed by atoms with Crippen molar-refractivity contribution >= 4 is 46.4 Å². The molecule has 0 aliphatic carbocycles. The van der Waals surface area contributed by atoms with Gasteiger partial charge in [0.2, 0.25) is 11.8 Å². The Morgan fingerprint density at radius 3 is 2.67 bits per heavy atom. The van der Waals surface area contributed by atoms with Gasteiger partial charge < -0.3 is 10.2 Å². The second-order valence-corrected chi connectivity index (χ2v) is 6.71. The van der Waals surface area contributed by atoms with E-state index in [1.54, 1.807) is 35.2 Å². The van der Waals surface area contributed by atoms with Crippen LogP contribution in [0.5, 0.6) is 0 Å². The number of carbonyl (C=O) groups is 2. The van der Waals surface area contributed by atoms with E-state index in [4.69, 9.17) is 23.2 Å². The Morgan fingerprint density at radius 2 is 1.92 bits per heavy atom. The molecule has 4 nitrogen and oxygen atoms in total. The minimum absolute atomic E-state index is 0.0831. The van der Waals surface area contributed by atoms with Crippen molar-refractivity contribution in [2.24, 2.45) is 5.92 Å². The number of benzene rings is 2. The van der Waals surface area contributed by atoms with Crippen LogP contribution in [-0.4, -0.2) is 18.4 Å². The van der Waals surface area contributed by atoms with E-state index in [1.807, 2.05) is 19.1 Å². The average Bonchev–Trinajstić information content (AvgIpc) is 2.93. The minimum Gasteiger partial charge on any atom is -0.325 e. The van der Waals surface area contributed by atoms with Gasteiger partial charge in [0.15, 0.2) is 0 Å². The maximum atomic E-state index is 12.5. The van der Waals surface area contributed by atoms with Gasteiger partial charge in [0.25, 0.3) is 0 Å². The number of hydrogen-bond donors (Lipinski definition) is 1. The summed E-state index contributed by atoms with van der Waals surface area (Å²) in [7, 11) is 0. The first-order valence-corrected chi connectivity index (χ1v) is 8.32. The van der Waals surface area contributed by atoms with E-state index in [9.17, 15) is 9.59 Å². The van der Waals surface area contributed by atoms with Crippen LogP contribution in [0, 0.1) is 12.8 Å². The number of halogens is 2. The number of carbonyl (C=O) groups excluding carboxylic acids is 2. The fraction of sp³-hybridized carbons (Fsp3) is 0.222. The number of nitrogens with one attached hydrogen (secondary N) is 1. The highest BCUT2D eigenvalue weighted by Crippen LogP contribution is 2.28. The molecule has 1 aliphatic rings. The van der Waals surface area contributed by atoms with Crippen molar-refractivity contribution in [3.05, 3.63) is 58.1 Å². The molecule has 0 unspecified atom stereocenters. The standard InChI is InChI=1S/C18H16Cl2N2O2/c1-11-5-6-14(20)9-16(11)21-18(24)12-7-17(23)22(10-12)15-4-2-3-13(19)8-15/h2-6,8-9,12H,7,10H2,1H3,(H,21,24)/t12-/m0/s1. The van der Waals surface area contributed by atoms with Gasteiger partial charge in [-0.2, -0.15) is 0 Å². The smallest absolute Gasteiger partial charge is 0.229 e. The molecule has 1 fully saturated rings. The molecule has 2 aromatic carbocycles. The van der Waals surface area contributed by atoms with Crippen LogP contribution in [0.1, 0.15) is 12.0 Å². The lowest BCUT2D eigenvalue weighted by Gasteiger charge is -2.17. The molecule has 1 N–H and O–H groups in total. The van der Waals surface area contributed by atoms with Crippen LogP contribution >= 0.6 is 23.2 Å². The Morgan fingerprint density at radius 1 is 1.17 bits per heavy atom. The SMILES string of the molecule is Cc1ccc(Cl)cc1NC(=O)[C@H]1CC(=O)N(c2cccc(Cl)c2)C1. The summed E-state index contributed by atoms with van der Waals surface area (Å²) in [6, 6.07) is 12.4. The van der Waals surface area contributed by atoms with Crippen molar-refractivity contribution < 1.29 is 9.59 Å². The van der Waals surface area contributed by atoms with E-state index >= 15 is 0 Å². The molecule has 0 spiro atoms. The Bertz CT molecular complexity index is 807. The van der Waals surface area contributed by atoms with Gasteiger partial charge in [-0.15, -0.1) is 0 Å². The summed E-state index contributed by atoms with van der Waals surface area (Å²) >= 11 is 12.0.